The zero-order chi connectivity index (χ0) is 18.0. The minimum Gasteiger partial charge on any atom is -0.352 e. The van der Waals surface area contributed by atoms with Crippen molar-refractivity contribution in [2.24, 2.45) is 11.8 Å². The molecular weight excluding hydrogens is 333 g/mol. The first kappa shape index (κ1) is 18.2. The summed E-state index contributed by atoms with van der Waals surface area (Å²) in [5.41, 5.74) is 1.13. The molecule has 1 saturated carbocycles. The van der Waals surface area contributed by atoms with Crippen LogP contribution in [-0.4, -0.2) is 45.9 Å². The van der Waals surface area contributed by atoms with Gasteiger partial charge in [-0.05, 0) is 31.6 Å². The van der Waals surface area contributed by atoms with Gasteiger partial charge >= 0.3 is 6.18 Å². The lowest BCUT2D eigenvalue weighted by molar-refractivity contribution is -0.144. The van der Waals surface area contributed by atoms with Crippen molar-refractivity contribution in [3.63, 3.8) is 0 Å². The van der Waals surface area contributed by atoms with Crippen molar-refractivity contribution in [1.29, 1.82) is 0 Å². The zero-order valence-corrected chi connectivity index (χ0v) is 14.4. The maximum atomic E-state index is 12.3. The molecule has 25 heavy (non-hydrogen) atoms. The van der Waals surface area contributed by atoms with Crippen LogP contribution in [0, 0.1) is 11.8 Å². The number of hydrogen-bond acceptors (Lipinski definition) is 3. The van der Waals surface area contributed by atoms with Crippen LogP contribution in [0.3, 0.4) is 0 Å². The number of hydrogen-bond donors (Lipinski definition) is 1. The van der Waals surface area contributed by atoms with E-state index in [9.17, 15) is 18.0 Å². The summed E-state index contributed by atoms with van der Waals surface area (Å²) in [5, 5.41) is 7.13. The molecule has 2 aliphatic rings. The lowest BCUT2D eigenvalue weighted by atomic mass is 9.98. The first-order valence-electron chi connectivity index (χ1n) is 8.94. The van der Waals surface area contributed by atoms with E-state index in [0.717, 1.165) is 38.0 Å². The minimum atomic E-state index is -4.28. The van der Waals surface area contributed by atoms with Crippen LogP contribution in [0.25, 0.3) is 0 Å². The van der Waals surface area contributed by atoms with Gasteiger partial charge in [-0.15, -0.1) is 0 Å². The number of carbonyl (C=O) groups is 1. The second-order valence-electron chi connectivity index (χ2n) is 7.19. The number of alkyl halides is 3. The lowest BCUT2D eigenvalue weighted by Gasteiger charge is -2.19. The van der Waals surface area contributed by atoms with Gasteiger partial charge in [-0.2, -0.15) is 18.3 Å². The normalized spacial score (nSPS) is 24.6. The number of aromatic nitrogens is 2. The topological polar surface area (TPSA) is 50.2 Å². The van der Waals surface area contributed by atoms with Gasteiger partial charge < -0.3 is 5.32 Å². The van der Waals surface area contributed by atoms with E-state index >= 15 is 0 Å². The Morgan fingerprint density at radius 1 is 1.36 bits per heavy atom. The molecule has 1 aliphatic heterocycles. The number of halogens is 3. The highest BCUT2D eigenvalue weighted by Crippen LogP contribution is 2.41. The monoisotopic (exact) mass is 358 g/mol. The predicted octanol–water partition coefficient (Wildman–Crippen LogP) is 2.57. The van der Waals surface area contributed by atoms with Crippen LogP contribution in [0.2, 0.25) is 0 Å². The number of amides is 1. The standard InChI is InChI=1S/C17H25F3N4O/c1-2-24-9-12(7-21-24)8-23-10-14(13-3-4-13)15(11-23)22-16(25)5-6-17(18,19)20/h7,9,13-15H,2-6,8,10-11H2,1H3,(H,22,25)/t14-,15+/m1/s1. The number of aryl methyl sites for hydroxylation is 1. The molecule has 1 saturated heterocycles. The summed E-state index contributed by atoms with van der Waals surface area (Å²) < 4.78 is 38.7. The number of nitrogens with one attached hydrogen (secondary N) is 1. The Bertz CT molecular complexity index is 597. The van der Waals surface area contributed by atoms with Crippen molar-refractivity contribution >= 4 is 5.91 Å². The van der Waals surface area contributed by atoms with E-state index in [1.54, 1.807) is 0 Å². The number of likely N-dealkylation sites (tertiary alicyclic amines) is 1. The van der Waals surface area contributed by atoms with Crippen molar-refractivity contribution in [3.05, 3.63) is 18.0 Å². The summed E-state index contributed by atoms with van der Waals surface area (Å²) in [6.07, 6.45) is 0.350. The molecule has 8 heteroatoms. The van der Waals surface area contributed by atoms with Crippen molar-refractivity contribution in [3.8, 4) is 0 Å². The molecule has 2 heterocycles. The van der Waals surface area contributed by atoms with Crippen molar-refractivity contribution in [2.45, 2.75) is 57.9 Å². The van der Waals surface area contributed by atoms with Crippen LogP contribution in [0.1, 0.15) is 38.2 Å². The molecule has 140 valence electrons. The second-order valence-corrected chi connectivity index (χ2v) is 7.19. The average Bonchev–Trinajstić information content (AvgIpc) is 3.16. The first-order chi connectivity index (χ1) is 11.8. The molecule has 1 aromatic rings. The van der Waals surface area contributed by atoms with Gasteiger partial charge in [0.2, 0.25) is 5.91 Å². The van der Waals surface area contributed by atoms with Crippen LogP contribution in [0.5, 0.6) is 0 Å². The summed E-state index contributed by atoms with van der Waals surface area (Å²) >= 11 is 0. The predicted molar refractivity (Wildman–Crippen MR) is 86.6 cm³/mol. The fourth-order valence-corrected chi connectivity index (χ4v) is 3.65. The summed E-state index contributed by atoms with van der Waals surface area (Å²) in [6, 6.07) is -0.0468. The van der Waals surface area contributed by atoms with Gasteiger partial charge in [0, 0.05) is 50.4 Å². The quantitative estimate of drug-likeness (QED) is 0.815. The van der Waals surface area contributed by atoms with E-state index in [4.69, 9.17) is 0 Å². The minimum absolute atomic E-state index is 0.0468. The molecule has 2 atom stereocenters. The molecule has 1 amide bonds. The fraction of sp³-hybridized carbons (Fsp3) is 0.765. The summed E-state index contributed by atoms with van der Waals surface area (Å²) in [5.74, 6) is 0.445. The van der Waals surface area contributed by atoms with Gasteiger partial charge in [0.25, 0.3) is 0 Å². The lowest BCUT2D eigenvalue weighted by Crippen LogP contribution is -2.41. The van der Waals surface area contributed by atoms with Crippen LogP contribution in [0.4, 0.5) is 13.2 Å². The summed E-state index contributed by atoms with van der Waals surface area (Å²) in [7, 11) is 0. The van der Waals surface area contributed by atoms with Crippen LogP contribution in [0.15, 0.2) is 12.4 Å². The molecule has 0 radical (unpaired) electrons. The number of rotatable bonds is 7. The molecule has 1 aliphatic carbocycles. The van der Waals surface area contributed by atoms with Crippen molar-refractivity contribution in [2.75, 3.05) is 13.1 Å². The van der Waals surface area contributed by atoms with E-state index in [1.807, 2.05) is 24.0 Å². The van der Waals surface area contributed by atoms with Gasteiger partial charge in [-0.25, -0.2) is 0 Å². The zero-order valence-electron chi connectivity index (χ0n) is 14.4. The van der Waals surface area contributed by atoms with Crippen LogP contribution in [-0.2, 0) is 17.9 Å². The number of carbonyl (C=O) groups excluding carboxylic acids is 1. The van der Waals surface area contributed by atoms with E-state index in [-0.39, 0.29) is 6.04 Å². The van der Waals surface area contributed by atoms with E-state index in [0.29, 0.717) is 18.4 Å². The Labute approximate surface area is 145 Å². The highest BCUT2D eigenvalue weighted by Gasteiger charge is 2.43. The van der Waals surface area contributed by atoms with E-state index < -0.39 is 24.9 Å². The Balaban J connectivity index is 1.54. The maximum Gasteiger partial charge on any atom is 0.389 e. The Hall–Kier alpha value is -1.57. The average molecular weight is 358 g/mol. The second kappa shape index (κ2) is 7.35. The molecule has 1 N–H and O–H groups in total. The Morgan fingerprint density at radius 3 is 2.72 bits per heavy atom. The molecule has 2 fully saturated rings. The first-order valence-corrected chi connectivity index (χ1v) is 8.94. The Kier molecular flexibility index (Phi) is 5.36. The summed E-state index contributed by atoms with van der Waals surface area (Å²) in [6.45, 7) is 5.19. The maximum absolute atomic E-state index is 12.3. The third-order valence-corrected chi connectivity index (χ3v) is 5.07. The smallest absolute Gasteiger partial charge is 0.352 e. The Morgan fingerprint density at radius 2 is 2.12 bits per heavy atom. The van der Waals surface area contributed by atoms with Gasteiger partial charge in [0.05, 0.1) is 12.6 Å². The van der Waals surface area contributed by atoms with Crippen molar-refractivity contribution in [1.82, 2.24) is 20.0 Å². The molecule has 1 aromatic heterocycles. The molecule has 0 aromatic carbocycles. The molecule has 0 bridgehead atoms. The van der Waals surface area contributed by atoms with Crippen LogP contribution >= 0.6 is 0 Å². The highest BCUT2D eigenvalue weighted by atomic mass is 19.4. The SMILES string of the molecule is CCn1cc(CN2C[C@H](NC(=O)CCC(F)(F)F)[C@@H](C3CC3)C2)cn1. The van der Waals surface area contributed by atoms with E-state index in [1.165, 1.54) is 0 Å². The van der Waals surface area contributed by atoms with Gasteiger partial charge in [0.1, 0.15) is 0 Å². The summed E-state index contributed by atoms with van der Waals surface area (Å²) in [4.78, 5) is 14.2. The van der Waals surface area contributed by atoms with Gasteiger partial charge in [-0.1, -0.05) is 0 Å². The molecule has 3 rings (SSSR count). The van der Waals surface area contributed by atoms with Crippen molar-refractivity contribution < 1.29 is 18.0 Å². The third kappa shape index (κ3) is 5.20. The largest absolute Gasteiger partial charge is 0.389 e. The van der Waals surface area contributed by atoms with Gasteiger partial charge in [0.15, 0.2) is 0 Å². The van der Waals surface area contributed by atoms with Crippen LogP contribution < -0.4 is 5.32 Å². The molecule has 0 spiro atoms. The fourth-order valence-electron chi connectivity index (χ4n) is 3.65. The number of nitrogens with zero attached hydrogens (tertiary/aromatic N) is 3. The third-order valence-electron chi connectivity index (χ3n) is 5.07. The molecular formula is C17H25F3N4O. The molecule has 5 nitrogen and oxygen atoms in total. The molecule has 0 unspecified atom stereocenters. The van der Waals surface area contributed by atoms with E-state index in [2.05, 4.69) is 15.3 Å². The highest BCUT2D eigenvalue weighted by molar-refractivity contribution is 5.76. The van der Waals surface area contributed by atoms with Gasteiger partial charge in [-0.3, -0.25) is 14.4 Å².